The molecule has 3 heterocycles. The van der Waals surface area contributed by atoms with E-state index in [1.165, 1.54) is 22.7 Å². The third-order valence-electron chi connectivity index (χ3n) is 4.71. The van der Waals surface area contributed by atoms with E-state index in [0.717, 1.165) is 5.82 Å². The number of rotatable bonds is 3. The Balaban J connectivity index is 1.85. The monoisotopic (exact) mass is 357 g/mol. The number of ether oxygens (including phenoxy) is 1. The number of nitrogens with zero attached hydrogens (tertiary/aromatic N) is 4. The topological polar surface area (TPSA) is 96.8 Å². The zero-order valence-electron chi connectivity index (χ0n) is 14.1. The number of likely N-dealkylation sites (N-methyl/N-ethyl adjacent to an activating group) is 1. The van der Waals surface area contributed by atoms with Crippen LogP contribution in [0.5, 0.6) is 0 Å². The summed E-state index contributed by atoms with van der Waals surface area (Å²) < 4.78 is 35.3. The fraction of sp³-hybridized carbons (Fsp3) is 0.714. The number of carbonyl (C=O) groups is 1. The highest BCUT2D eigenvalue weighted by molar-refractivity contribution is 7.86. The van der Waals surface area contributed by atoms with Crippen LogP contribution in [0.15, 0.2) is 12.4 Å². The summed E-state index contributed by atoms with van der Waals surface area (Å²) in [5.74, 6) is 0.585. The molecular weight excluding hydrogens is 334 g/mol. The summed E-state index contributed by atoms with van der Waals surface area (Å²) in [7, 11) is 1.17. The first kappa shape index (κ1) is 17.3. The second-order valence-corrected chi connectivity index (χ2v) is 8.45. The maximum Gasteiger partial charge on any atom is 0.281 e. The summed E-state index contributed by atoms with van der Waals surface area (Å²) in [6, 6.07) is 0. The quantitative estimate of drug-likeness (QED) is 0.758. The molecule has 0 unspecified atom stereocenters. The van der Waals surface area contributed by atoms with Crippen molar-refractivity contribution in [1.29, 1.82) is 0 Å². The molecule has 0 bridgehead atoms. The normalized spacial score (nSPS) is 24.1. The molecule has 9 nitrogen and oxygen atoms in total. The largest absolute Gasteiger partial charge is 0.357 e. The average Bonchev–Trinajstić information content (AvgIpc) is 3.04. The van der Waals surface area contributed by atoms with Gasteiger partial charge in [0.2, 0.25) is 0 Å². The van der Waals surface area contributed by atoms with Gasteiger partial charge in [-0.15, -0.1) is 0 Å². The Kier molecular flexibility index (Phi) is 4.41. The van der Waals surface area contributed by atoms with Crippen molar-refractivity contribution >= 4 is 16.1 Å². The number of nitrogens with one attached hydrogen (secondary N) is 1. The van der Waals surface area contributed by atoms with Crippen LogP contribution in [0, 0.1) is 0 Å². The van der Waals surface area contributed by atoms with E-state index in [4.69, 9.17) is 4.74 Å². The Morgan fingerprint density at radius 2 is 2.08 bits per heavy atom. The first-order chi connectivity index (χ1) is 11.3. The zero-order chi connectivity index (χ0) is 17.5. The van der Waals surface area contributed by atoms with Gasteiger partial charge in [0.25, 0.3) is 16.1 Å². The lowest BCUT2D eigenvalue weighted by molar-refractivity contribution is -0.170. The van der Waals surface area contributed by atoms with Crippen LogP contribution in [0.25, 0.3) is 0 Å². The lowest BCUT2D eigenvalue weighted by atomic mass is 9.89. The number of piperidine rings is 1. The van der Waals surface area contributed by atoms with Crippen LogP contribution in [0.2, 0.25) is 0 Å². The van der Waals surface area contributed by atoms with E-state index in [9.17, 15) is 13.2 Å². The van der Waals surface area contributed by atoms with Crippen LogP contribution < -0.4 is 5.32 Å². The van der Waals surface area contributed by atoms with Crippen molar-refractivity contribution < 1.29 is 17.9 Å². The van der Waals surface area contributed by atoms with Crippen LogP contribution in [-0.2, 0) is 31.9 Å². The molecule has 1 fully saturated rings. The van der Waals surface area contributed by atoms with Gasteiger partial charge in [-0.2, -0.15) is 17.0 Å². The second-order valence-electron chi connectivity index (χ2n) is 6.31. The predicted octanol–water partition coefficient (Wildman–Crippen LogP) is -0.875. The van der Waals surface area contributed by atoms with E-state index in [-0.39, 0.29) is 5.91 Å². The van der Waals surface area contributed by atoms with Gasteiger partial charge >= 0.3 is 0 Å². The van der Waals surface area contributed by atoms with Crippen LogP contribution in [0.4, 0.5) is 0 Å². The Morgan fingerprint density at radius 3 is 2.67 bits per heavy atom. The molecule has 0 radical (unpaired) electrons. The maximum absolute atomic E-state index is 12.3. The number of hydrogen-bond donors (Lipinski definition) is 1. The molecule has 1 N–H and O–H groups in total. The van der Waals surface area contributed by atoms with Crippen LogP contribution in [0.1, 0.15) is 18.7 Å². The molecule has 24 heavy (non-hydrogen) atoms. The molecule has 1 saturated heterocycles. The van der Waals surface area contributed by atoms with Crippen molar-refractivity contribution in [2.24, 2.45) is 0 Å². The van der Waals surface area contributed by atoms with Gasteiger partial charge in [-0.05, 0) is 12.8 Å². The third kappa shape index (κ3) is 2.73. The fourth-order valence-electron chi connectivity index (χ4n) is 3.34. The lowest BCUT2D eigenvalue weighted by Crippen LogP contribution is -2.55. The molecule has 2 aliphatic heterocycles. The molecule has 10 heteroatoms. The first-order valence-corrected chi connectivity index (χ1v) is 9.28. The van der Waals surface area contributed by atoms with Crippen molar-refractivity contribution in [3.63, 3.8) is 0 Å². The van der Waals surface area contributed by atoms with E-state index < -0.39 is 21.9 Å². The van der Waals surface area contributed by atoms with Crippen LogP contribution in [0.3, 0.4) is 0 Å². The lowest BCUT2D eigenvalue weighted by Gasteiger charge is -2.45. The number of carbonyl (C=O) groups excluding carboxylic acids is 1. The van der Waals surface area contributed by atoms with E-state index in [2.05, 4.69) is 10.3 Å². The Hall–Kier alpha value is -1.49. The minimum Gasteiger partial charge on any atom is -0.357 e. The highest BCUT2D eigenvalue weighted by atomic mass is 32.2. The summed E-state index contributed by atoms with van der Waals surface area (Å²) in [4.78, 5) is 16.5. The molecule has 1 amide bonds. The molecular formula is C14H23N5O4S. The van der Waals surface area contributed by atoms with E-state index in [0.29, 0.717) is 32.5 Å². The van der Waals surface area contributed by atoms with Gasteiger partial charge in [-0.1, -0.05) is 0 Å². The minimum absolute atomic E-state index is 0.183. The third-order valence-corrected chi connectivity index (χ3v) is 6.65. The van der Waals surface area contributed by atoms with Crippen LogP contribution in [-0.4, -0.2) is 72.8 Å². The van der Waals surface area contributed by atoms with Crippen molar-refractivity contribution in [2.75, 3.05) is 34.2 Å². The molecule has 2 aliphatic rings. The summed E-state index contributed by atoms with van der Waals surface area (Å²) in [6.45, 7) is 1.07. The van der Waals surface area contributed by atoms with Crippen LogP contribution >= 0.6 is 0 Å². The average molecular weight is 357 g/mol. The van der Waals surface area contributed by atoms with Gasteiger partial charge < -0.3 is 14.6 Å². The predicted molar refractivity (Wildman–Crippen MR) is 86.3 cm³/mol. The van der Waals surface area contributed by atoms with E-state index in [1.807, 2.05) is 10.8 Å². The van der Waals surface area contributed by atoms with Crippen molar-refractivity contribution in [3.05, 3.63) is 18.2 Å². The van der Waals surface area contributed by atoms with E-state index in [1.54, 1.807) is 13.2 Å². The first-order valence-electron chi connectivity index (χ1n) is 7.89. The Bertz CT molecular complexity index is 721. The molecule has 0 aliphatic carbocycles. The van der Waals surface area contributed by atoms with Gasteiger partial charge in [0, 0.05) is 46.6 Å². The SMILES string of the molecule is CNC(=O)[C@@H]1Cn2ccnc2C2(CCN(S(=O)(=O)N(C)C)CC2)O1. The second kappa shape index (κ2) is 6.10. The van der Waals surface area contributed by atoms with E-state index >= 15 is 0 Å². The van der Waals surface area contributed by atoms with Gasteiger partial charge in [0.15, 0.2) is 6.10 Å². The zero-order valence-corrected chi connectivity index (χ0v) is 14.9. The molecule has 0 aromatic carbocycles. The van der Waals surface area contributed by atoms with Gasteiger partial charge in [0.05, 0.1) is 6.54 Å². The minimum atomic E-state index is -3.45. The summed E-state index contributed by atoms with van der Waals surface area (Å²) in [5.41, 5.74) is -0.725. The molecule has 3 rings (SSSR count). The van der Waals surface area contributed by atoms with Crippen molar-refractivity contribution in [3.8, 4) is 0 Å². The fourth-order valence-corrected chi connectivity index (χ4v) is 4.45. The number of fused-ring (bicyclic) bond motifs is 2. The molecule has 1 spiro atoms. The summed E-state index contributed by atoms with van der Waals surface area (Å²) in [5, 5.41) is 2.62. The summed E-state index contributed by atoms with van der Waals surface area (Å²) >= 11 is 0. The van der Waals surface area contributed by atoms with Gasteiger partial charge in [-0.25, -0.2) is 4.98 Å². The number of amides is 1. The number of imidazole rings is 1. The molecule has 1 aromatic heterocycles. The molecule has 1 aromatic rings. The maximum atomic E-state index is 12.3. The standard InChI is InChI=1S/C14H23N5O4S/c1-15-12(20)11-10-18-9-6-16-13(18)14(23-11)4-7-19(8-5-14)24(21,22)17(2)3/h6,9,11H,4-5,7-8,10H2,1-3H3,(H,15,20)/t11-/m0/s1. The Morgan fingerprint density at radius 1 is 1.42 bits per heavy atom. The van der Waals surface area contributed by atoms with Crippen molar-refractivity contribution in [2.45, 2.75) is 31.1 Å². The molecule has 0 saturated carbocycles. The summed E-state index contributed by atoms with van der Waals surface area (Å²) in [6.07, 6.45) is 3.84. The number of aromatic nitrogens is 2. The Labute approximate surface area is 141 Å². The highest BCUT2D eigenvalue weighted by Crippen LogP contribution is 2.40. The van der Waals surface area contributed by atoms with Crippen molar-refractivity contribution in [1.82, 2.24) is 23.5 Å². The number of hydrogen-bond acceptors (Lipinski definition) is 5. The molecule has 134 valence electrons. The highest BCUT2D eigenvalue weighted by Gasteiger charge is 2.48. The smallest absolute Gasteiger partial charge is 0.281 e. The van der Waals surface area contributed by atoms with Gasteiger partial charge in [0.1, 0.15) is 11.4 Å². The van der Waals surface area contributed by atoms with Gasteiger partial charge in [-0.3, -0.25) is 4.79 Å². The molecule has 1 atom stereocenters.